The molecule has 1 heterocycles. The predicted molar refractivity (Wildman–Crippen MR) is 76.5 cm³/mol. The standard InChI is InChI=1S/C15H24N2O4/c1-10(15(20)21)8-16(2)14(19)11-7-13(18)17(9-11)12-5-3-4-6-12/h10-12H,3-9H2,1-2H3,(H,20,21)/t10-,11-/m0/s1. The Morgan fingerprint density at radius 1 is 1.38 bits per heavy atom. The fourth-order valence-corrected chi connectivity index (χ4v) is 3.36. The van der Waals surface area contributed by atoms with Gasteiger partial charge in [0.2, 0.25) is 11.8 Å². The molecular formula is C15H24N2O4. The Bertz CT molecular complexity index is 431. The van der Waals surface area contributed by atoms with Crippen LogP contribution in [0, 0.1) is 11.8 Å². The zero-order valence-corrected chi connectivity index (χ0v) is 12.7. The van der Waals surface area contributed by atoms with E-state index < -0.39 is 11.9 Å². The molecule has 6 heteroatoms. The molecule has 0 spiro atoms. The Hall–Kier alpha value is -1.59. The number of carbonyl (C=O) groups excluding carboxylic acids is 2. The first kappa shape index (κ1) is 15.8. The van der Waals surface area contributed by atoms with Crippen molar-refractivity contribution in [3.63, 3.8) is 0 Å². The number of likely N-dealkylation sites (tertiary alicyclic amines) is 1. The molecule has 2 aliphatic rings. The van der Waals surface area contributed by atoms with Crippen molar-refractivity contribution in [2.24, 2.45) is 11.8 Å². The molecule has 1 aliphatic carbocycles. The lowest BCUT2D eigenvalue weighted by molar-refractivity contribution is -0.143. The van der Waals surface area contributed by atoms with Crippen molar-refractivity contribution in [1.29, 1.82) is 0 Å². The summed E-state index contributed by atoms with van der Waals surface area (Å²) in [4.78, 5) is 38.6. The highest BCUT2D eigenvalue weighted by Gasteiger charge is 2.39. The van der Waals surface area contributed by atoms with Crippen LogP contribution in [0.4, 0.5) is 0 Å². The number of amides is 2. The monoisotopic (exact) mass is 296 g/mol. The Kier molecular flexibility index (Phi) is 4.85. The van der Waals surface area contributed by atoms with Gasteiger partial charge in [-0.25, -0.2) is 0 Å². The van der Waals surface area contributed by atoms with Crippen LogP contribution < -0.4 is 0 Å². The lowest BCUT2D eigenvalue weighted by Crippen LogP contribution is -2.39. The van der Waals surface area contributed by atoms with Crippen LogP contribution in [0.25, 0.3) is 0 Å². The lowest BCUT2D eigenvalue weighted by Gasteiger charge is -2.25. The predicted octanol–water partition coefficient (Wildman–Crippen LogP) is 0.957. The van der Waals surface area contributed by atoms with Gasteiger partial charge in [-0.05, 0) is 12.8 Å². The van der Waals surface area contributed by atoms with Crippen molar-refractivity contribution in [3.8, 4) is 0 Å². The Labute approximate surface area is 125 Å². The van der Waals surface area contributed by atoms with E-state index in [9.17, 15) is 14.4 Å². The van der Waals surface area contributed by atoms with Crippen molar-refractivity contribution < 1.29 is 19.5 Å². The van der Waals surface area contributed by atoms with Crippen LogP contribution in [0.5, 0.6) is 0 Å². The highest BCUT2D eigenvalue weighted by Crippen LogP contribution is 2.30. The number of aliphatic carboxylic acids is 1. The van der Waals surface area contributed by atoms with Gasteiger partial charge in [0.1, 0.15) is 0 Å². The summed E-state index contributed by atoms with van der Waals surface area (Å²) in [7, 11) is 1.62. The minimum atomic E-state index is -0.912. The molecule has 2 rings (SSSR count). The van der Waals surface area contributed by atoms with Gasteiger partial charge < -0.3 is 14.9 Å². The quantitative estimate of drug-likeness (QED) is 0.819. The van der Waals surface area contributed by atoms with E-state index in [1.807, 2.05) is 4.90 Å². The third-order valence-electron chi connectivity index (χ3n) is 4.62. The van der Waals surface area contributed by atoms with Crippen molar-refractivity contribution in [1.82, 2.24) is 9.80 Å². The molecule has 0 radical (unpaired) electrons. The molecule has 21 heavy (non-hydrogen) atoms. The Morgan fingerprint density at radius 3 is 2.57 bits per heavy atom. The molecule has 0 aromatic rings. The van der Waals surface area contributed by atoms with E-state index in [1.54, 1.807) is 14.0 Å². The van der Waals surface area contributed by atoms with Crippen LogP contribution in [-0.4, -0.2) is 58.9 Å². The molecular weight excluding hydrogens is 272 g/mol. The van der Waals surface area contributed by atoms with E-state index in [2.05, 4.69) is 0 Å². The SMILES string of the molecule is C[C@@H](CN(C)C(=O)[C@H]1CC(=O)N(C2CCCC2)C1)C(=O)O. The zero-order chi connectivity index (χ0) is 15.6. The topological polar surface area (TPSA) is 77.9 Å². The second-order valence-corrected chi connectivity index (χ2v) is 6.34. The van der Waals surface area contributed by atoms with Crippen molar-refractivity contribution in [3.05, 3.63) is 0 Å². The van der Waals surface area contributed by atoms with Gasteiger partial charge in [-0.1, -0.05) is 19.8 Å². The summed E-state index contributed by atoms with van der Waals surface area (Å²) < 4.78 is 0. The summed E-state index contributed by atoms with van der Waals surface area (Å²) in [5.74, 6) is -1.87. The van der Waals surface area contributed by atoms with Gasteiger partial charge in [-0.15, -0.1) is 0 Å². The second-order valence-electron chi connectivity index (χ2n) is 6.34. The largest absolute Gasteiger partial charge is 0.481 e. The van der Waals surface area contributed by atoms with Crippen LogP contribution in [0.2, 0.25) is 0 Å². The molecule has 0 bridgehead atoms. The first-order valence-electron chi connectivity index (χ1n) is 7.67. The first-order valence-corrected chi connectivity index (χ1v) is 7.67. The van der Waals surface area contributed by atoms with Gasteiger partial charge in [-0.2, -0.15) is 0 Å². The highest BCUT2D eigenvalue weighted by atomic mass is 16.4. The molecule has 1 saturated heterocycles. The van der Waals surface area contributed by atoms with Crippen molar-refractivity contribution >= 4 is 17.8 Å². The molecule has 0 unspecified atom stereocenters. The normalized spacial score (nSPS) is 24.4. The third-order valence-corrected chi connectivity index (χ3v) is 4.62. The number of carbonyl (C=O) groups is 3. The number of hydrogen-bond acceptors (Lipinski definition) is 3. The average Bonchev–Trinajstić information content (AvgIpc) is 3.06. The van der Waals surface area contributed by atoms with E-state index in [-0.39, 0.29) is 30.7 Å². The van der Waals surface area contributed by atoms with E-state index >= 15 is 0 Å². The van der Waals surface area contributed by atoms with Crippen LogP contribution >= 0.6 is 0 Å². The average molecular weight is 296 g/mol. The molecule has 6 nitrogen and oxygen atoms in total. The van der Waals surface area contributed by atoms with Gasteiger partial charge >= 0.3 is 5.97 Å². The minimum Gasteiger partial charge on any atom is -0.481 e. The summed E-state index contributed by atoms with van der Waals surface area (Å²) in [5.41, 5.74) is 0. The van der Waals surface area contributed by atoms with E-state index in [0.717, 1.165) is 25.7 Å². The maximum Gasteiger partial charge on any atom is 0.308 e. The second kappa shape index (κ2) is 6.45. The summed E-state index contributed by atoms with van der Waals surface area (Å²) in [6.45, 7) is 2.26. The fraction of sp³-hybridized carbons (Fsp3) is 0.800. The fourth-order valence-electron chi connectivity index (χ4n) is 3.36. The summed E-state index contributed by atoms with van der Waals surface area (Å²) in [5, 5.41) is 8.91. The molecule has 0 aromatic carbocycles. The number of nitrogens with zero attached hydrogens (tertiary/aromatic N) is 2. The summed E-state index contributed by atoms with van der Waals surface area (Å²) in [6.07, 6.45) is 4.66. The molecule has 118 valence electrons. The molecule has 0 aromatic heterocycles. The molecule has 2 fully saturated rings. The van der Waals surface area contributed by atoms with Gasteiger partial charge in [0.15, 0.2) is 0 Å². The highest BCUT2D eigenvalue weighted by molar-refractivity contribution is 5.89. The van der Waals surface area contributed by atoms with Crippen molar-refractivity contribution in [2.45, 2.75) is 45.1 Å². The first-order chi connectivity index (χ1) is 9.90. The van der Waals surface area contributed by atoms with Gasteiger partial charge in [0.05, 0.1) is 11.8 Å². The molecule has 2 atom stereocenters. The maximum absolute atomic E-state index is 12.4. The van der Waals surface area contributed by atoms with E-state index in [0.29, 0.717) is 12.6 Å². The van der Waals surface area contributed by atoms with Crippen LogP contribution in [0.1, 0.15) is 39.0 Å². The zero-order valence-electron chi connectivity index (χ0n) is 12.7. The van der Waals surface area contributed by atoms with Crippen LogP contribution in [0.15, 0.2) is 0 Å². The van der Waals surface area contributed by atoms with Crippen LogP contribution in [-0.2, 0) is 14.4 Å². The Morgan fingerprint density at radius 2 is 2.00 bits per heavy atom. The van der Waals surface area contributed by atoms with Crippen LogP contribution in [0.3, 0.4) is 0 Å². The minimum absolute atomic E-state index is 0.0694. The van der Waals surface area contributed by atoms with Crippen molar-refractivity contribution in [2.75, 3.05) is 20.1 Å². The molecule has 2 amide bonds. The Balaban J connectivity index is 1.91. The van der Waals surface area contributed by atoms with E-state index in [1.165, 1.54) is 4.90 Å². The van der Waals surface area contributed by atoms with Gasteiger partial charge in [0.25, 0.3) is 0 Å². The number of carboxylic acids is 1. The molecule has 1 N–H and O–H groups in total. The summed E-state index contributed by atoms with van der Waals surface area (Å²) >= 11 is 0. The number of hydrogen-bond donors (Lipinski definition) is 1. The number of rotatable bonds is 5. The van der Waals surface area contributed by atoms with E-state index in [4.69, 9.17) is 5.11 Å². The number of carboxylic acid groups (broad SMARTS) is 1. The lowest BCUT2D eigenvalue weighted by atomic mass is 10.1. The molecule has 1 aliphatic heterocycles. The summed E-state index contributed by atoms with van der Waals surface area (Å²) in [6, 6.07) is 0.304. The van der Waals surface area contributed by atoms with Gasteiger partial charge in [0, 0.05) is 32.6 Å². The maximum atomic E-state index is 12.4. The smallest absolute Gasteiger partial charge is 0.308 e. The van der Waals surface area contributed by atoms with Gasteiger partial charge in [-0.3, -0.25) is 14.4 Å². The molecule has 1 saturated carbocycles. The third kappa shape index (κ3) is 3.54.